The van der Waals surface area contributed by atoms with E-state index >= 15 is 0 Å². The van der Waals surface area contributed by atoms with Gasteiger partial charge in [0.1, 0.15) is 11.5 Å². The summed E-state index contributed by atoms with van der Waals surface area (Å²) in [7, 11) is 0. The molecule has 0 spiro atoms. The molecule has 1 amide bonds. The second kappa shape index (κ2) is 8.03. The lowest BCUT2D eigenvalue weighted by atomic mass is 10.2. The highest BCUT2D eigenvalue weighted by atomic mass is 16.5. The smallest absolute Gasteiger partial charge is 0.338 e. The standard InChI is InChI=1S/C17H19NO5/c1-3-21-17(20)13-6-8-14(9-7-13)23-11-16(19)18-12(2)15-5-4-10-22-15/h4-10,12H,3,11H2,1-2H3,(H,18,19)/t12-/m0/s1. The fourth-order valence-electron chi connectivity index (χ4n) is 1.94. The van der Waals surface area contributed by atoms with E-state index in [1.165, 1.54) is 0 Å². The predicted octanol–water partition coefficient (Wildman–Crippen LogP) is 2.71. The number of esters is 1. The van der Waals surface area contributed by atoms with Crippen LogP contribution in [-0.2, 0) is 9.53 Å². The van der Waals surface area contributed by atoms with Crippen LogP contribution in [0, 0.1) is 0 Å². The third-order valence-electron chi connectivity index (χ3n) is 3.08. The summed E-state index contributed by atoms with van der Waals surface area (Å²) in [6.07, 6.45) is 1.56. The molecule has 0 saturated heterocycles. The van der Waals surface area contributed by atoms with E-state index in [1.807, 2.05) is 6.92 Å². The molecule has 2 aromatic rings. The van der Waals surface area contributed by atoms with Crippen LogP contribution in [0.3, 0.4) is 0 Å². The zero-order valence-electron chi connectivity index (χ0n) is 13.1. The van der Waals surface area contributed by atoms with Crippen LogP contribution in [0.5, 0.6) is 5.75 Å². The first-order chi connectivity index (χ1) is 11.1. The minimum atomic E-state index is -0.385. The summed E-state index contributed by atoms with van der Waals surface area (Å²) in [5.41, 5.74) is 0.440. The number of nitrogens with one attached hydrogen (secondary N) is 1. The average molecular weight is 317 g/mol. The van der Waals surface area contributed by atoms with Gasteiger partial charge in [-0.3, -0.25) is 4.79 Å². The first-order valence-electron chi connectivity index (χ1n) is 7.33. The number of hydrogen-bond acceptors (Lipinski definition) is 5. The third kappa shape index (κ3) is 4.88. The van der Waals surface area contributed by atoms with Crippen LogP contribution in [0.2, 0.25) is 0 Å². The normalized spacial score (nSPS) is 11.6. The largest absolute Gasteiger partial charge is 0.484 e. The molecule has 1 atom stereocenters. The Morgan fingerprint density at radius 2 is 1.96 bits per heavy atom. The average Bonchev–Trinajstić information content (AvgIpc) is 3.08. The highest BCUT2D eigenvalue weighted by molar-refractivity contribution is 5.89. The van der Waals surface area contributed by atoms with Gasteiger partial charge in [0, 0.05) is 0 Å². The van der Waals surface area contributed by atoms with Crippen molar-refractivity contribution in [3.63, 3.8) is 0 Å². The summed E-state index contributed by atoms with van der Waals surface area (Å²) in [5.74, 6) is 0.531. The Kier molecular flexibility index (Phi) is 5.80. The van der Waals surface area contributed by atoms with E-state index in [0.717, 1.165) is 0 Å². The number of furan rings is 1. The SMILES string of the molecule is CCOC(=O)c1ccc(OCC(=O)N[C@@H](C)c2ccco2)cc1. The molecule has 0 unspecified atom stereocenters. The Bertz CT molecular complexity index is 634. The van der Waals surface area contributed by atoms with Gasteiger partial charge in [-0.05, 0) is 50.2 Å². The number of ether oxygens (including phenoxy) is 2. The number of carbonyl (C=O) groups excluding carboxylic acids is 2. The summed E-state index contributed by atoms with van der Waals surface area (Å²) in [6.45, 7) is 3.78. The zero-order valence-corrected chi connectivity index (χ0v) is 13.1. The monoisotopic (exact) mass is 317 g/mol. The molecule has 0 saturated carbocycles. The van der Waals surface area contributed by atoms with Gasteiger partial charge in [0.15, 0.2) is 6.61 Å². The van der Waals surface area contributed by atoms with Gasteiger partial charge in [-0.1, -0.05) is 0 Å². The molecule has 0 radical (unpaired) electrons. The van der Waals surface area contributed by atoms with Crippen molar-refractivity contribution in [3.05, 3.63) is 54.0 Å². The quantitative estimate of drug-likeness (QED) is 0.794. The molecule has 1 heterocycles. The molecule has 0 fully saturated rings. The first kappa shape index (κ1) is 16.6. The molecule has 2 rings (SSSR count). The number of benzene rings is 1. The molecule has 6 heteroatoms. The van der Waals surface area contributed by atoms with Gasteiger partial charge in [-0.15, -0.1) is 0 Å². The second-order valence-electron chi connectivity index (χ2n) is 4.84. The Hall–Kier alpha value is -2.76. The van der Waals surface area contributed by atoms with Gasteiger partial charge in [0.05, 0.1) is 24.5 Å². The van der Waals surface area contributed by atoms with Gasteiger partial charge in [-0.25, -0.2) is 4.79 Å². The first-order valence-corrected chi connectivity index (χ1v) is 7.33. The summed E-state index contributed by atoms with van der Waals surface area (Å²) in [6, 6.07) is 9.75. The van der Waals surface area contributed by atoms with Crippen molar-refractivity contribution in [1.29, 1.82) is 0 Å². The maximum Gasteiger partial charge on any atom is 0.338 e. The van der Waals surface area contributed by atoms with Crippen molar-refractivity contribution in [1.82, 2.24) is 5.32 Å². The molecular weight excluding hydrogens is 298 g/mol. The molecule has 0 bridgehead atoms. The molecule has 0 aliphatic rings. The van der Waals surface area contributed by atoms with E-state index in [9.17, 15) is 9.59 Å². The Labute approximate surface area is 134 Å². The van der Waals surface area contributed by atoms with Crippen LogP contribution in [0.4, 0.5) is 0 Å². The van der Waals surface area contributed by atoms with Crippen molar-refractivity contribution < 1.29 is 23.5 Å². The summed E-state index contributed by atoms with van der Waals surface area (Å²) in [5, 5.41) is 2.77. The maximum atomic E-state index is 11.8. The summed E-state index contributed by atoms with van der Waals surface area (Å²) in [4.78, 5) is 23.4. The molecule has 0 aliphatic heterocycles. The molecule has 1 N–H and O–H groups in total. The van der Waals surface area contributed by atoms with Crippen molar-refractivity contribution >= 4 is 11.9 Å². The lowest BCUT2D eigenvalue weighted by Crippen LogP contribution is -2.31. The van der Waals surface area contributed by atoms with Crippen LogP contribution in [0.1, 0.15) is 36.0 Å². The highest BCUT2D eigenvalue weighted by Crippen LogP contribution is 2.14. The zero-order chi connectivity index (χ0) is 16.7. The van der Waals surface area contributed by atoms with E-state index in [-0.39, 0.29) is 24.5 Å². The molecule has 1 aromatic carbocycles. The van der Waals surface area contributed by atoms with Crippen molar-refractivity contribution in [2.45, 2.75) is 19.9 Å². The van der Waals surface area contributed by atoms with E-state index in [0.29, 0.717) is 23.7 Å². The molecule has 0 aliphatic carbocycles. The van der Waals surface area contributed by atoms with Gasteiger partial charge in [0.2, 0.25) is 0 Å². The number of amides is 1. The van der Waals surface area contributed by atoms with Gasteiger partial charge in [-0.2, -0.15) is 0 Å². The van der Waals surface area contributed by atoms with Gasteiger partial charge in [0.25, 0.3) is 5.91 Å². The lowest BCUT2D eigenvalue weighted by molar-refractivity contribution is -0.123. The molecule has 23 heavy (non-hydrogen) atoms. The predicted molar refractivity (Wildman–Crippen MR) is 83.2 cm³/mol. The van der Waals surface area contributed by atoms with E-state index in [4.69, 9.17) is 13.9 Å². The topological polar surface area (TPSA) is 77.8 Å². The number of carbonyl (C=O) groups is 2. The number of hydrogen-bond donors (Lipinski definition) is 1. The fourth-order valence-corrected chi connectivity index (χ4v) is 1.94. The van der Waals surface area contributed by atoms with Gasteiger partial charge < -0.3 is 19.2 Å². The minimum absolute atomic E-state index is 0.121. The van der Waals surface area contributed by atoms with Crippen LogP contribution in [-0.4, -0.2) is 25.1 Å². The van der Waals surface area contributed by atoms with Gasteiger partial charge >= 0.3 is 5.97 Å². The second-order valence-corrected chi connectivity index (χ2v) is 4.84. The Balaban J connectivity index is 1.81. The highest BCUT2D eigenvalue weighted by Gasteiger charge is 2.12. The minimum Gasteiger partial charge on any atom is -0.484 e. The molecule has 6 nitrogen and oxygen atoms in total. The summed E-state index contributed by atoms with van der Waals surface area (Å²) >= 11 is 0. The number of rotatable bonds is 7. The van der Waals surface area contributed by atoms with E-state index in [1.54, 1.807) is 49.6 Å². The molecule has 1 aromatic heterocycles. The lowest BCUT2D eigenvalue weighted by Gasteiger charge is -2.12. The van der Waals surface area contributed by atoms with Crippen molar-refractivity contribution in [3.8, 4) is 5.75 Å². The maximum absolute atomic E-state index is 11.8. The summed E-state index contributed by atoms with van der Waals surface area (Å²) < 4.78 is 15.5. The molecule has 122 valence electrons. The van der Waals surface area contributed by atoms with E-state index in [2.05, 4.69) is 5.32 Å². The third-order valence-corrected chi connectivity index (χ3v) is 3.08. The fraction of sp³-hybridized carbons (Fsp3) is 0.294. The van der Waals surface area contributed by atoms with Crippen LogP contribution in [0.15, 0.2) is 47.1 Å². The van der Waals surface area contributed by atoms with Crippen molar-refractivity contribution in [2.24, 2.45) is 0 Å². The van der Waals surface area contributed by atoms with Crippen molar-refractivity contribution in [2.75, 3.05) is 13.2 Å². The Morgan fingerprint density at radius 1 is 1.22 bits per heavy atom. The Morgan fingerprint density at radius 3 is 2.57 bits per heavy atom. The van der Waals surface area contributed by atoms with Crippen LogP contribution >= 0.6 is 0 Å². The van der Waals surface area contributed by atoms with E-state index < -0.39 is 0 Å². The van der Waals surface area contributed by atoms with Crippen LogP contribution in [0.25, 0.3) is 0 Å². The van der Waals surface area contributed by atoms with Crippen LogP contribution < -0.4 is 10.1 Å². The molecular formula is C17H19NO5.